The molecule has 1 aromatic carbocycles. The molecule has 1 aliphatic carbocycles. The predicted molar refractivity (Wildman–Crippen MR) is 88.4 cm³/mol. The summed E-state index contributed by atoms with van der Waals surface area (Å²) in [5.41, 5.74) is 1.22. The van der Waals surface area contributed by atoms with Gasteiger partial charge in [0.1, 0.15) is 0 Å². The van der Waals surface area contributed by atoms with Gasteiger partial charge in [0.05, 0.1) is 5.92 Å². The Hall–Kier alpha value is -1.13. The van der Waals surface area contributed by atoms with Gasteiger partial charge in [-0.3, -0.25) is 9.69 Å². The normalized spacial score (nSPS) is 29.0. The van der Waals surface area contributed by atoms with Crippen molar-refractivity contribution in [3.8, 4) is 0 Å². The Morgan fingerprint density at radius 1 is 1.29 bits per heavy atom. The van der Waals surface area contributed by atoms with Crippen molar-refractivity contribution in [3.05, 3.63) is 35.9 Å². The maximum absolute atomic E-state index is 12.7. The molecule has 1 saturated heterocycles. The van der Waals surface area contributed by atoms with E-state index >= 15 is 0 Å². The molecule has 3 unspecified atom stereocenters. The maximum atomic E-state index is 12.7. The second kappa shape index (κ2) is 6.32. The molecule has 1 saturated carbocycles. The van der Waals surface area contributed by atoms with E-state index in [0.717, 1.165) is 25.7 Å². The molecule has 3 nitrogen and oxygen atoms in total. The number of hydrogen-bond donors (Lipinski definition) is 1. The van der Waals surface area contributed by atoms with Crippen LogP contribution < -0.4 is 5.32 Å². The van der Waals surface area contributed by atoms with Crippen LogP contribution in [0.3, 0.4) is 0 Å². The molecular weight excluding hydrogens is 304 g/mol. The molecule has 0 bridgehead atoms. The average Bonchev–Trinajstić information content (AvgIpc) is 2.47. The SMILES string of the molecule is O=C1C2CCC(Cl)CC2NC(=S)N1CCc1ccccc1. The van der Waals surface area contributed by atoms with Gasteiger partial charge in [-0.1, -0.05) is 30.3 Å². The first-order chi connectivity index (χ1) is 10.1. The summed E-state index contributed by atoms with van der Waals surface area (Å²) in [6.07, 6.45) is 3.42. The van der Waals surface area contributed by atoms with Crippen LogP contribution in [0.5, 0.6) is 0 Å². The summed E-state index contributed by atoms with van der Waals surface area (Å²) in [7, 11) is 0. The minimum absolute atomic E-state index is 0.0301. The number of rotatable bonds is 3. The molecule has 0 radical (unpaired) electrons. The van der Waals surface area contributed by atoms with Crippen LogP contribution in [-0.2, 0) is 11.2 Å². The summed E-state index contributed by atoms with van der Waals surface area (Å²) in [5, 5.41) is 4.03. The van der Waals surface area contributed by atoms with E-state index in [9.17, 15) is 4.79 Å². The average molecular weight is 323 g/mol. The number of halogens is 1. The molecule has 0 spiro atoms. The maximum Gasteiger partial charge on any atom is 0.233 e. The summed E-state index contributed by atoms with van der Waals surface area (Å²) in [6.45, 7) is 0.641. The van der Waals surface area contributed by atoms with Crippen molar-refractivity contribution in [3.63, 3.8) is 0 Å². The van der Waals surface area contributed by atoms with Crippen LogP contribution in [0, 0.1) is 5.92 Å². The Balaban J connectivity index is 1.66. The molecule has 1 aliphatic heterocycles. The van der Waals surface area contributed by atoms with Crippen LogP contribution in [-0.4, -0.2) is 33.9 Å². The first kappa shape index (κ1) is 14.8. The quantitative estimate of drug-likeness (QED) is 0.686. The van der Waals surface area contributed by atoms with Gasteiger partial charge in [0.25, 0.3) is 0 Å². The molecule has 1 amide bonds. The Morgan fingerprint density at radius 3 is 2.81 bits per heavy atom. The number of benzene rings is 1. The van der Waals surface area contributed by atoms with E-state index in [-0.39, 0.29) is 23.2 Å². The summed E-state index contributed by atoms with van der Waals surface area (Å²) in [4.78, 5) is 14.4. The minimum Gasteiger partial charge on any atom is -0.359 e. The van der Waals surface area contributed by atoms with Gasteiger partial charge < -0.3 is 5.32 Å². The number of hydrogen-bond acceptors (Lipinski definition) is 2. The molecule has 5 heteroatoms. The second-order valence-corrected chi connectivity index (χ2v) is 6.80. The number of thiocarbonyl (C=S) groups is 1. The smallest absolute Gasteiger partial charge is 0.233 e. The number of nitrogens with zero attached hydrogens (tertiary/aromatic N) is 1. The highest BCUT2D eigenvalue weighted by Crippen LogP contribution is 2.32. The molecule has 1 aromatic rings. The van der Waals surface area contributed by atoms with Gasteiger partial charge in [-0.05, 0) is 43.5 Å². The first-order valence-corrected chi connectivity index (χ1v) is 8.29. The van der Waals surface area contributed by atoms with Gasteiger partial charge in [0.2, 0.25) is 5.91 Å². The zero-order chi connectivity index (χ0) is 14.8. The number of alkyl halides is 1. The molecule has 0 aromatic heterocycles. The number of carbonyl (C=O) groups excluding carboxylic acids is 1. The van der Waals surface area contributed by atoms with Crippen LogP contribution in [0.25, 0.3) is 0 Å². The van der Waals surface area contributed by atoms with Crippen LogP contribution in [0.15, 0.2) is 30.3 Å². The van der Waals surface area contributed by atoms with Crippen molar-refractivity contribution >= 4 is 34.8 Å². The molecule has 1 N–H and O–H groups in total. The Morgan fingerprint density at radius 2 is 2.05 bits per heavy atom. The van der Waals surface area contributed by atoms with E-state index < -0.39 is 0 Å². The lowest BCUT2D eigenvalue weighted by Crippen LogP contribution is -2.61. The first-order valence-electron chi connectivity index (χ1n) is 7.45. The molecule has 1 heterocycles. The fourth-order valence-corrected chi connectivity index (χ4v) is 3.86. The monoisotopic (exact) mass is 322 g/mol. The van der Waals surface area contributed by atoms with E-state index in [1.54, 1.807) is 4.90 Å². The summed E-state index contributed by atoms with van der Waals surface area (Å²) < 4.78 is 0. The van der Waals surface area contributed by atoms with Gasteiger partial charge in [-0.2, -0.15) is 0 Å². The lowest BCUT2D eigenvalue weighted by molar-refractivity contribution is -0.134. The second-order valence-electron chi connectivity index (χ2n) is 5.80. The van der Waals surface area contributed by atoms with Crippen molar-refractivity contribution < 1.29 is 4.79 Å². The molecule has 112 valence electrons. The lowest BCUT2D eigenvalue weighted by atomic mass is 9.82. The third-order valence-corrected chi connectivity index (χ3v) is 5.13. The topological polar surface area (TPSA) is 32.3 Å². The summed E-state index contributed by atoms with van der Waals surface area (Å²) in [6, 6.07) is 10.3. The number of fused-ring (bicyclic) bond motifs is 1. The highest BCUT2D eigenvalue weighted by molar-refractivity contribution is 7.80. The minimum atomic E-state index is 0.0301. The fraction of sp³-hybridized carbons (Fsp3) is 0.500. The molecule has 3 atom stereocenters. The molecule has 21 heavy (non-hydrogen) atoms. The largest absolute Gasteiger partial charge is 0.359 e. The van der Waals surface area contributed by atoms with Gasteiger partial charge >= 0.3 is 0 Å². The molecule has 2 aliphatic rings. The Bertz CT molecular complexity index is 536. The fourth-order valence-electron chi connectivity index (χ4n) is 3.21. The van der Waals surface area contributed by atoms with Crippen LogP contribution in [0.2, 0.25) is 0 Å². The van der Waals surface area contributed by atoms with Gasteiger partial charge in [-0.25, -0.2) is 0 Å². The van der Waals surface area contributed by atoms with E-state index in [1.807, 2.05) is 18.2 Å². The van der Waals surface area contributed by atoms with Crippen molar-refractivity contribution in [2.75, 3.05) is 6.54 Å². The lowest BCUT2D eigenvalue weighted by Gasteiger charge is -2.42. The predicted octanol–water partition coefficient (Wildman–Crippen LogP) is 2.72. The van der Waals surface area contributed by atoms with E-state index in [4.69, 9.17) is 23.8 Å². The Labute approximate surface area is 135 Å². The summed E-state index contributed by atoms with van der Waals surface area (Å²) in [5.74, 6) is 0.200. The van der Waals surface area contributed by atoms with Crippen LogP contribution >= 0.6 is 23.8 Å². The zero-order valence-electron chi connectivity index (χ0n) is 11.8. The van der Waals surface area contributed by atoms with Gasteiger partial charge in [-0.15, -0.1) is 11.6 Å². The standard InChI is InChI=1S/C16H19ClN2OS/c17-12-6-7-13-14(10-12)18-16(21)19(15(13)20)9-8-11-4-2-1-3-5-11/h1-5,12-14H,6-10H2,(H,18,21). The molecular formula is C16H19ClN2OS. The van der Waals surface area contributed by atoms with E-state index in [1.165, 1.54) is 5.56 Å². The molecule has 3 rings (SSSR count). The van der Waals surface area contributed by atoms with Gasteiger partial charge in [0.15, 0.2) is 5.11 Å². The summed E-state index contributed by atoms with van der Waals surface area (Å²) >= 11 is 11.6. The van der Waals surface area contributed by atoms with Crippen LogP contribution in [0.1, 0.15) is 24.8 Å². The number of nitrogens with one attached hydrogen (secondary N) is 1. The van der Waals surface area contributed by atoms with Crippen molar-refractivity contribution in [1.82, 2.24) is 10.2 Å². The highest BCUT2D eigenvalue weighted by atomic mass is 35.5. The number of amides is 1. The zero-order valence-corrected chi connectivity index (χ0v) is 13.4. The Kier molecular flexibility index (Phi) is 4.45. The van der Waals surface area contributed by atoms with Crippen LogP contribution in [0.4, 0.5) is 0 Å². The van der Waals surface area contributed by atoms with E-state index in [2.05, 4.69) is 17.4 Å². The highest BCUT2D eigenvalue weighted by Gasteiger charge is 2.42. The third kappa shape index (κ3) is 3.22. The van der Waals surface area contributed by atoms with Crippen molar-refractivity contribution in [1.29, 1.82) is 0 Å². The van der Waals surface area contributed by atoms with E-state index in [0.29, 0.717) is 11.7 Å². The number of carbonyl (C=O) groups is 1. The third-order valence-electron chi connectivity index (χ3n) is 4.39. The van der Waals surface area contributed by atoms with Crippen molar-refractivity contribution in [2.24, 2.45) is 5.92 Å². The molecule has 2 fully saturated rings. The van der Waals surface area contributed by atoms with Gasteiger partial charge in [0, 0.05) is 18.0 Å². The van der Waals surface area contributed by atoms with Crippen molar-refractivity contribution in [2.45, 2.75) is 37.1 Å².